The molecule has 0 bridgehead atoms. The first-order valence-corrected chi connectivity index (χ1v) is 15.0. The number of nitrogens with one attached hydrogen (secondary N) is 3. The topological polar surface area (TPSA) is 136 Å². The SMILES string of the molecule is CC(C)CC(NC(=O)Cc1ccc(NC(=O)Nc2ncccc2C2CCCC2)c(C(F)(F)F)c1)C1=NN(CCC(=O)O)CC1. The molecule has 1 atom stereocenters. The highest BCUT2D eigenvalue weighted by molar-refractivity contribution is 6.00. The number of amides is 3. The maximum atomic E-state index is 14.1. The van der Waals surface area contributed by atoms with E-state index in [2.05, 4.69) is 26.0 Å². The highest BCUT2D eigenvalue weighted by atomic mass is 19.4. The number of aliphatic carboxylic acids is 1. The third-order valence-corrected chi connectivity index (χ3v) is 7.79. The number of carboxylic acid groups (broad SMARTS) is 1. The minimum atomic E-state index is -4.78. The van der Waals surface area contributed by atoms with Gasteiger partial charge in [-0.3, -0.25) is 19.9 Å². The number of hydrogen-bond donors (Lipinski definition) is 4. The summed E-state index contributed by atoms with van der Waals surface area (Å²) in [5, 5.41) is 22.9. The van der Waals surface area contributed by atoms with Crippen LogP contribution in [-0.2, 0) is 22.2 Å². The van der Waals surface area contributed by atoms with E-state index in [9.17, 15) is 27.6 Å². The smallest absolute Gasteiger partial charge is 0.418 e. The minimum absolute atomic E-state index is 0.0588. The summed E-state index contributed by atoms with van der Waals surface area (Å²) in [5.74, 6) is -0.630. The molecule has 44 heavy (non-hydrogen) atoms. The van der Waals surface area contributed by atoms with Crippen LogP contribution in [0.4, 0.5) is 29.5 Å². The van der Waals surface area contributed by atoms with Crippen molar-refractivity contribution in [1.29, 1.82) is 0 Å². The van der Waals surface area contributed by atoms with Crippen LogP contribution in [0.3, 0.4) is 0 Å². The van der Waals surface area contributed by atoms with Crippen LogP contribution < -0.4 is 16.0 Å². The lowest BCUT2D eigenvalue weighted by Gasteiger charge is -2.21. The van der Waals surface area contributed by atoms with E-state index in [1.54, 1.807) is 11.1 Å². The van der Waals surface area contributed by atoms with Gasteiger partial charge in [-0.15, -0.1) is 0 Å². The van der Waals surface area contributed by atoms with Crippen LogP contribution in [0, 0.1) is 5.92 Å². The lowest BCUT2D eigenvalue weighted by atomic mass is 9.97. The van der Waals surface area contributed by atoms with Crippen molar-refractivity contribution in [3.8, 4) is 0 Å². The summed E-state index contributed by atoms with van der Waals surface area (Å²) in [4.78, 5) is 40.9. The number of hydrogen-bond acceptors (Lipinski definition) is 6. The Balaban J connectivity index is 1.43. The predicted octanol–water partition coefficient (Wildman–Crippen LogP) is 6.01. The normalized spacial score (nSPS) is 16.1. The number of urea groups is 1. The molecule has 1 unspecified atom stereocenters. The van der Waals surface area contributed by atoms with Gasteiger partial charge < -0.3 is 15.7 Å². The lowest BCUT2D eigenvalue weighted by molar-refractivity contribution is -0.138. The fourth-order valence-electron chi connectivity index (χ4n) is 5.73. The van der Waals surface area contributed by atoms with Crippen molar-refractivity contribution in [3.05, 3.63) is 53.2 Å². The molecule has 238 valence electrons. The number of rotatable bonds is 12. The quantitative estimate of drug-likeness (QED) is 0.231. The van der Waals surface area contributed by atoms with Gasteiger partial charge in [-0.05, 0) is 60.4 Å². The van der Waals surface area contributed by atoms with E-state index in [-0.39, 0.29) is 36.8 Å². The highest BCUT2D eigenvalue weighted by Crippen LogP contribution is 2.38. The number of alkyl halides is 3. The van der Waals surface area contributed by atoms with Crippen LogP contribution in [0.15, 0.2) is 41.6 Å². The van der Waals surface area contributed by atoms with Crippen LogP contribution in [-0.4, -0.2) is 57.9 Å². The predicted molar refractivity (Wildman–Crippen MR) is 160 cm³/mol. The van der Waals surface area contributed by atoms with Gasteiger partial charge in [0.25, 0.3) is 0 Å². The number of carbonyl (C=O) groups excluding carboxylic acids is 2. The van der Waals surface area contributed by atoms with Gasteiger partial charge in [0.15, 0.2) is 0 Å². The molecule has 1 aromatic carbocycles. The van der Waals surface area contributed by atoms with Crippen LogP contribution in [0.5, 0.6) is 0 Å². The molecule has 4 rings (SSSR count). The van der Waals surface area contributed by atoms with Gasteiger partial charge in [0.05, 0.1) is 35.8 Å². The number of carboxylic acids is 1. The van der Waals surface area contributed by atoms with Crippen LogP contribution in [0.25, 0.3) is 0 Å². The van der Waals surface area contributed by atoms with E-state index in [4.69, 9.17) is 5.11 Å². The van der Waals surface area contributed by atoms with Crippen molar-refractivity contribution < 1.29 is 32.7 Å². The zero-order valence-electron chi connectivity index (χ0n) is 24.9. The molecule has 1 saturated carbocycles. The lowest BCUT2D eigenvalue weighted by Crippen LogP contribution is -2.42. The van der Waals surface area contributed by atoms with Crippen molar-refractivity contribution in [2.24, 2.45) is 11.0 Å². The molecule has 1 aromatic heterocycles. The Labute approximate surface area is 254 Å². The molecular formula is C31H39F3N6O4. The van der Waals surface area contributed by atoms with Crippen LogP contribution >= 0.6 is 0 Å². The van der Waals surface area contributed by atoms with Crippen LogP contribution in [0.1, 0.15) is 81.4 Å². The van der Waals surface area contributed by atoms with E-state index in [0.717, 1.165) is 43.4 Å². The second-order valence-corrected chi connectivity index (χ2v) is 11.7. The molecule has 13 heteroatoms. The van der Waals surface area contributed by atoms with Crippen molar-refractivity contribution >= 4 is 35.1 Å². The number of hydrazone groups is 1. The van der Waals surface area contributed by atoms with Crippen molar-refractivity contribution in [3.63, 3.8) is 0 Å². The fourth-order valence-corrected chi connectivity index (χ4v) is 5.73. The summed E-state index contributed by atoms with van der Waals surface area (Å²) in [7, 11) is 0. The first kappa shape index (κ1) is 32.7. The van der Waals surface area contributed by atoms with E-state index >= 15 is 0 Å². The van der Waals surface area contributed by atoms with E-state index in [1.165, 1.54) is 12.3 Å². The molecule has 2 aliphatic rings. The average molecular weight is 617 g/mol. The van der Waals surface area contributed by atoms with Gasteiger partial charge in [0, 0.05) is 25.7 Å². The summed E-state index contributed by atoms with van der Waals surface area (Å²) in [6.45, 7) is 4.76. The first-order chi connectivity index (χ1) is 20.9. The Hall–Kier alpha value is -4.16. The number of benzene rings is 1. The maximum absolute atomic E-state index is 14.1. The number of carbonyl (C=O) groups is 3. The second kappa shape index (κ2) is 14.5. The van der Waals surface area contributed by atoms with Crippen molar-refractivity contribution in [2.45, 2.75) is 83.4 Å². The molecule has 2 aromatic rings. The summed E-state index contributed by atoms with van der Waals surface area (Å²) < 4.78 is 42.2. The van der Waals surface area contributed by atoms with Gasteiger partial charge in [-0.25, -0.2) is 9.78 Å². The summed E-state index contributed by atoms with van der Waals surface area (Å²) >= 11 is 0. The van der Waals surface area contributed by atoms with E-state index < -0.39 is 41.4 Å². The third-order valence-electron chi connectivity index (χ3n) is 7.79. The van der Waals surface area contributed by atoms with Gasteiger partial charge in [-0.1, -0.05) is 38.8 Å². The summed E-state index contributed by atoms with van der Waals surface area (Å²) in [6.07, 6.45) is 1.58. The minimum Gasteiger partial charge on any atom is -0.481 e. The van der Waals surface area contributed by atoms with Gasteiger partial charge in [0.2, 0.25) is 5.91 Å². The first-order valence-electron chi connectivity index (χ1n) is 15.0. The second-order valence-electron chi connectivity index (χ2n) is 11.7. The molecule has 0 radical (unpaired) electrons. The van der Waals surface area contributed by atoms with E-state index in [0.29, 0.717) is 30.9 Å². The molecule has 0 spiro atoms. The molecule has 4 N–H and O–H groups in total. The Morgan fingerprint density at radius 1 is 1.11 bits per heavy atom. The average Bonchev–Trinajstić information content (AvgIpc) is 3.65. The molecule has 1 fully saturated rings. The Morgan fingerprint density at radius 2 is 1.86 bits per heavy atom. The molecule has 0 saturated heterocycles. The molecule has 1 aliphatic carbocycles. The molecule has 2 heterocycles. The number of anilines is 2. The number of aromatic nitrogens is 1. The Morgan fingerprint density at radius 3 is 2.55 bits per heavy atom. The molecule has 3 amide bonds. The van der Waals surface area contributed by atoms with Gasteiger partial charge in [-0.2, -0.15) is 18.3 Å². The summed E-state index contributed by atoms with van der Waals surface area (Å²) in [5.41, 5.74) is 0.210. The molecule has 1 aliphatic heterocycles. The Kier molecular flexibility index (Phi) is 10.8. The fraction of sp³-hybridized carbons (Fsp3) is 0.516. The number of nitrogens with zero attached hydrogens (tertiary/aromatic N) is 3. The van der Waals surface area contributed by atoms with Gasteiger partial charge in [0.1, 0.15) is 5.82 Å². The standard InChI is InChI=1S/C31H39F3N6O4/c1-19(2)16-26(25-11-14-40(39-25)15-12-28(42)43)36-27(41)18-20-9-10-24(23(17-20)31(32,33)34)37-30(44)38-29-22(8-5-13-35-29)21-6-3-4-7-21/h5,8-10,13,17,19,21,26H,3-4,6-7,11-12,14-16,18H2,1-2H3,(H,36,41)(H,42,43)(H2,35,37,38,44). The monoisotopic (exact) mass is 616 g/mol. The van der Waals surface area contributed by atoms with E-state index in [1.807, 2.05) is 19.9 Å². The highest BCUT2D eigenvalue weighted by Gasteiger charge is 2.35. The number of halogens is 3. The molecular weight excluding hydrogens is 577 g/mol. The van der Waals surface area contributed by atoms with Gasteiger partial charge >= 0.3 is 18.2 Å². The number of pyridine rings is 1. The third kappa shape index (κ3) is 9.17. The Bertz CT molecular complexity index is 1370. The van der Waals surface area contributed by atoms with Crippen LogP contribution in [0.2, 0.25) is 0 Å². The summed E-state index contributed by atoms with van der Waals surface area (Å²) in [6, 6.07) is 5.78. The zero-order chi connectivity index (χ0) is 31.9. The van der Waals surface area contributed by atoms with Crippen molar-refractivity contribution in [1.82, 2.24) is 15.3 Å². The largest absolute Gasteiger partial charge is 0.481 e. The zero-order valence-corrected chi connectivity index (χ0v) is 24.9. The molecule has 10 nitrogen and oxygen atoms in total. The van der Waals surface area contributed by atoms with Crippen molar-refractivity contribution in [2.75, 3.05) is 23.7 Å². The maximum Gasteiger partial charge on any atom is 0.418 e.